The van der Waals surface area contributed by atoms with Gasteiger partial charge in [-0.15, -0.1) is 0 Å². The highest BCUT2D eigenvalue weighted by molar-refractivity contribution is 5.94. The predicted octanol–water partition coefficient (Wildman–Crippen LogP) is 3.77. The smallest absolute Gasteiger partial charge is 0.254 e. The minimum atomic E-state index is -0.935. The molecule has 2 aromatic rings. The number of hydrogen-bond acceptors (Lipinski definition) is 3. The Kier molecular flexibility index (Phi) is 6.90. The van der Waals surface area contributed by atoms with E-state index in [2.05, 4.69) is 5.32 Å². The molecule has 0 saturated heterocycles. The molecule has 0 radical (unpaired) electrons. The van der Waals surface area contributed by atoms with Crippen molar-refractivity contribution in [2.24, 2.45) is 4.99 Å². The van der Waals surface area contributed by atoms with Crippen LogP contribution in [0.2, 0.25) is 0 Å². The molecule has 1 aromatic heterocycles. The first-order chi connectivity index (χ1) is 13.9. The number of aryl methyl sites for hydroxylation is 1. The third-order valence-corrected chi connectivity index (χ3v) is 5.05. The summed E-state index contributed by atoms with van der Waals surface area (Å²) in [4.78, 5) is 29.5. The van der Waals surface area contributed by atoms with E-state index in [0.717, 1.165) is 43.4 Å². The summed E-state index contributed by atoms with van der Waals surface area (Å²) in [7, 11) is 0. The molecule has 0 spiro atoms. The summed E-state index contributed by atoms with van der Waals surface area (Å²) in [5, 5.41) is 2.51. The summed E-state index contributed by atoms with van der Waals surface area (Å²) in [6, 6.07) is 6.71. The molecule has 1 aromatic carbocycles. The monoisotopic (exact) mass is 401 g/mol. The Labute approximate surface area is 168 Å². The molecule has 1 saturated carbocycles. The maximum atomic E-state index is 13.7. The lowest BCUT2D eigenvalue weighted by Crippen LogP contribution is -2.33. The van der Waals surface area contributed by atoms with E-state index in [0.29, 0.717) is 11.6 Å². The van der Waals surface area contributed by atoms with Crippen molar-refractivity contribution in [3.05, 3.63) is 64.8 Å². The second-order valence-electron chi connectivity index (χ2n) is 7.38. The third kappa shape index (κ3) is 5.59. The van der Waals surface area contributed by atoms with Gasteiger partial charge in [-0.1, -0.05) is 19.3 Å². The Hall–Kier alpha value is -2.83. The molecule has 1 heterocycles. The number of carbonyl (C=O) groups is 2. The number of nitrogens with one attached hydrogen (secondary N) is 1. The van der Waals surface area contributed by atoms with E-state index < -0.39 is 17.5 Å². The van der Waals surface area contributed by atoms with Gasteiger partial charge in [0.2, 0.25) is 5.91 Å². The molecule has 1 fully saturated rings. The van der Waals surface area contributed by atoms with E-state index in [-0.39, 0.29) is 30.5 Å². The van der Waals surface area contributed by atoms with E-state index in [1.54, 1.807) is 6.20 Å². The van der Waals surface area contributed by atoms with E-state index in [1.165, 1.54) is 11.0 Å². The van der Waals surface area contributed by atoms with Gasteiger partial charge in [-0.3, -0.25) is 19.1 Å². The molecule has 1 aliphatic carbocycles. The van der Waals surface area contributed by atoms with E-state index in [4.69, 9.17) is 4.99 Å². The fourth-order valence-electron chi connectivity index (χ4n) is 3.47. The number of nitrogens with zero attached hydrogens (tertiary/aromatic N) is 2. The van der Waals surface area contributed by atoms with Crippen LogP contribution in [0.5, 0.6) is 0 Å². The normalized spacial score (nSPS) is 15.3. The standard InChI is InChI=1S/C22H25F2N3O2/c1-15-10-12-27(20(13-15)26-17-5-3-2-4-6-17)21(28)9-11-25-22(29)18-8-7-16(23)14-19(18)24/h7-8,10,12-14,17H,2-6,9,11H2,1H3,(H,25,29). The second-order valence-corrected chi connectivity index (χ2v) is 7.38. The van der Waals surface area contributed by atoms with Gasteiger partial charge in [0.25, 0.3) is 5.91 Å². The third-order valence-electron chi connectivity index (χ3n) is 5.05. The molecular formula is C22H25F2N3O2. The van der Waals surface area contributed by atoms with Gasteiger partial charge in [0.15, 0.2) is 0 Å². The van der Waals surface area contributed by atoms with Crippen LogP contribution in [0.4, 0.5) is 8.78 Å². The number of benzene rings is 1. The highest BCUT2D eigenvalue weighted by Gasteiger charge is 2.15. The first kappa shape index (κ1) is 20.9. The number of aromatic nitrogens is 1. The van der Waals surface area contributed by atoms with Crippen molar-refractivity contribution in [3.63, 3.8) is 0 Å². The Balaban J connectivity index is 1.66. The van der Waals surface area contributed by atoms with Crippen LogP contribution in [-0.4, -0.2) is 29.0 Å². The highest BCUT2D eigenvalue weighted by atomic mass is 19.1. The number of pyridine rings is 1. The predicted molar refractivity (Wildman–Crippen MR) is 106 cm³/mol. The molecule has 1 N–H and O–H groups in total. The highest BCUT2D eigenvalue weighted by Crippen LogP contribution is 2.19. The van der Waals surface area contributed by atoms with E-state index in [1.807, 2.05) is 19.1 Å². The molecule has 0 unspecified atom stereocenters. The Morgan fingerprint density at radius 1 is 1.14 bits per heavy atom. The Morgan fingerprint density at radius 2 is 1.90 bits per heavy atom. The molecule has 1 amide bonds. The first-order valence-electron chi connectivity index (χ1n) is 9.93. The molecule has 3 rings (SSSR count). The van der Waals surface area contributed by atoms with Crippen LogP contribution < -0.4 is 10.8 Å². The minimum absolute atomic E-state index is 0.0372. The van der Waals surface area contributed by atoms with Gasteiger partial charge in [0, 0.05) is 25.2 Å². The van der Waals surface area contributed by atoms with Gasteiger partial charge in [0.1, 0.15) is 17.1 Å². The van der Waals surface area contributed by atoms with Crippen molar-refractivity contribution in [1.29, 1.82) is 0 Å². The van der Waals surface area contributed by atoms with Crippen LogP contribution in [0.3, 0.4) is 0 Å². The number of halogens is 2. The van der Waals surface area contributed by atoms with Crippen molar-refractivity contribution in [2.45, 2.75) is 51.5 Å². The maximum Gasteiger partial charge on any atom is 0.254 e. The summed E-state index contributed by atoms with van der Waals surface area (Å²) >= 11 is 0. The zero-order valence-corrected chi connectivity index (χ0v) is 16.5. The summed E-state index contributed by atoms with van der Waals surface area (Å²) in [5.41, 5.74) is 1.39. The maximum absolute atomic E-state index is 13.7. The summed E-state index contributed by atoms with van der Waals surface area (Å²) < 4.78 is 28.1. The second kappa shape index (κ2) is 9.58. The SMILES string of the molecule is Cc1ccn(C(=O)CCNC(=O)c2ccc(F)cc2F)c(=NC2CCCCC2)c1. The molecule has 0 aliphatic heterocycles. The quantitative estimate of drug-likeness (QED) is 0.829. The molecule has 0 bridgehead atoms. The zero-order chi connectivity index (χ0) is 20.8. The van der Waals surface area contributed by atoms with E-state index >= 15 is 0 Å². The van der Waals surface area contributed by atoms with Crippen LogP contribution in [0.25, 0.3) is 0 Å². The molecule has 1 aliphatic rings. The van der Waals surface area contributed by atoms with Gasteiger partial charge >= 0.3 is 0 Å². The Bertz CT molecular complexity index is 963. The van der Waals surface area contributed by atoms with Crippen LogP contribution in [-0.2, 0) is 0 Å². The van der Waals surface area contributed by atoms with E-state index in [9.17, 15) is 18.4 Å². The molecule has 154 valence electrons. The van der Waals surface area contributed by atoms with Crippen LogP contribution in [0.1, 0.15) is 59.2 Å². The van der Waals surface area contributed by atoms with Gasteiger partial charge in [-0.25, -0.2) is 8.78 Å². The zero-order valence-electron chi connectivity index (χ0n) is 16.5. The fraction of sp³-hybridized carbons (Fsp3) is 0.409. The average molecular weight is 401 g/mol. The molecule has 29 heavy (non-hydrogen) atoms. The summed E-state index contributed by atoms with van der Waals surface area (Å²) in [5.74, 6) is -2.58. The number of rotatable bonds is 5. The van der Waals surface area contributed by atoms with Crippen molar-refractivity contribution < 1.29 is 18.4 Å². The van der Waals surface area contributed by atoms with Crippen LogP contribution >= 0.6 is 0 Å². The minimum Gasteiger partial charge on any atom is -0.351 e. The summed E-state index contributed by atoms with van der Waals surface area (Å²) in [6.07, 6.45) is 7.33. The largest absolute Gasteiger partial charge is 0.351 e. The fourth-order valence-corrected chi connectivity index (χ4v) is 3.47. The van der Waals surface area contributed by atoms with Crippen molar-refractivity contribution in [3.8, 4) is 0 Å². The van der Waals surface area contributed by atoms with Gasteiger partial charge < -0.3 is 5.32 Å². The first-order valence-corrected chi connectivity index (χ1v) is 9.93. The number of carbonyl (C=O) groups excluding carboxylic acids is 2. The molecular weight excluding hydrogens is 376 g/mol. The van der Waals surface area contributed by atoms with Gasteiger partial charge in [0.05, 0.1) is 11.6 Å². The lowest BCUT2D eigenvalue weighted by Gasteiger charge is -2.18. The van der Waals surface area contributed by atoms with Gasteiger partial charge in [-0.05, 0) is 49.6 Å². The summed E-state index contributed by atoms with van der Waals surface area (Å²) in [6.45, 7) is 1.99. The molecule has 0 atom stereocenters. The Morgan fingerprint density at radius 3 is 2.62 bits per heavy atom. The molecule has 5 nitrogen and oxygen atoms in total. The number of amides is 1. The molecule has 7 heteroatoms. The average Bonchev–Trinajstić information content (AvgIpc) is 2.68. The van der Waals surface area contributed by atoms with Crippen molar-refractivity contribution in [1.82, 2.24) is 9.88 Å². The van der Waals surface area contributed by atoms with Crippen molar-refractivity contribution >= 4 is 11.8 Å². The van der Waals surface area contributed by atoms with Gasteiger partial charge in [-0.2, -0.15) is 0 Å². The van der Waals surface area contributed by atoms with Crippen LogP contribution in [0, 0.1) is 18.6 Å². The van der Waals surface area contributed by atoms with Crippen molar-refractivity contribution in [2.75, 3.05) is 6.54 Å². The lowest BCUT2D eigenvalue weighted by atomic mass is 9.96. The topological polar surface area (TPSA) is 63.5 Å². The number of hydrogen-bond donors (Lipinski definition) is 1. The lowest BCUT2D eigenvalue weighted by molar-refractivity contribution is 0.0887. The van der Waals surface area contributed by atoms with Crippen LogP contribution in [0.15, 0.2) is 41.5 Å².